The summed E-state index contributed by atoms with van der Waals surface area (Å²) in [5.74, 6) is 0. The molecule has 0 saturated heterocycles. The van der Waals surface area contributed by atoms with E-state index in [1.807, 2.05) is 24.3 Å². The van der Waals surface area contributed by atoms with Crippen LogP contribution in [0.5, 0.6) is 0 Å². The smallest absolute Gasteiger partial charge is 0.206 e. The molecular formula is C8H16N2O. The predicted molar refractivity (Wildman–Crippen MR) is 44.5 cm³/mol. The zero-order chi connectivity index (χ0) is 8.27. The van der Waals surface area contributed by atoms with Gasteiger partial charge in [-0.25, -0.2) is 0 Å². The van der Waals surface area contributed by atoms with Gasteiger partial charge in [-0.15, -0.1) is 0 Å². The second kappa shape index (κ2) is 3.62. The number of aliphatic hydroxyl groups is 1. The Morgan fingerprint density at radius 2 is 2.18 bits per heavy atom. The van der Waals surface area contributed by atoms with E-state index in [0.717, 1.165) is 13.0 Å². The van der Waals surface area contributed by atoms with Gasteiger partial charge in [0.25, 0.3) is 0 Å². The Labute approximate surface area is 67.9 Å². The first-order valence-corrected chi connectivity index (χ1v) is 4.09. The summed E-state index contributed by atoms with van der Waals surface area (Å²) >= 11 is 0. The summed E-state index contributed by atoms with van der Waals surface area (Å²) in [5.41, 5.74) is 0. The Kier molecular flexibility index (Phi) is 2.76. The number of hydrogen-bond acceptors (Lipinski definition) is 3. The molecule has 64 valence electrons. The molecule has 0 amide bonds. The molecule has 1 heterocycles. The molecule has 1 N–H and O–H groups in total. The van der Waals surface area contributed by atoms with Crippen LogP contribution in [0.2, 0.25) is 0 Å². The van der Waals surface area contributed by atoms with Gasteiger partial charge in [0.2, 0.25) is 6.35 Å². The zero-order valence-corrected chi connectivity index (χ0v) is 7.20. The monoisotopic (exact) mass is 156 g/mol. The molecule has 1 unspecified atom stereocenters. The summed E-state index contributed by atoms with van der Waals surface area (Å²) in [6.45, 7) is 3.09. The van der Waals surface area contributed by atoms with Crippen LogP contribution in [-0.2, 0) is 0 Å². The maximum absolute atomic E-state index is 9.47. The fourth-order valence-corrected chi connectivity index (χ4v) is 1.11. The summed E-state index contributed by atoms with van der Waals surface area (Å²) in [6.07, 6.45) is 5.68. The fourth-order valence-electron chi connectivity index (χ4n) is 1.11. The van der Waals surface area contributed by atoms with E-state index < -0.39 is 6.35 Å². The average Bonchev–Trinajstić information content (AvgIpc) is 2.31. The van der Waals surface area contributed by atoms with Gasteiger partial charge in [-0.3, -0.25) is 0 Å². The van der Waals surface area contributed by atoms with Crippen molar-refractivity contribution in [3.63, 3.8) is 0 Å². The highest BCUT2D eigenvalue weighted by molar-refractivity contribution is 4.90. The first kappa shape index (κ1) is 8.40. The fraction of sp³-hybridized carbons (Fsp3) is 0.750. The van der Waals surface area contributed by atoms with Crippen LogP contribution in [0.15, 0.2) is 12.4 Å². The van der Waals surface area contributed by atoms with Crippen LogP contribution in [0.4, 0.5) is 0 Å². The minimum Gasteiger partial charge on any atom is -0.356 e. The quantitative estimate of drug-likeness (QED) is 0.654. The first-order valence-electron chi connectivity index (χ1n) is 4.09. The van der Waals surface area contributed by atoms with Crippen molar-refractivity contribution in [3.05, 3.63) is 12.4 Å². The SMILES string of the molecule is CCCCN1C=CN(C)C1O. The summed E-state index contributed by atoms with van der Waals surface area (Å²) in [5, 5.41) is 9.47. The second-order valence-electron chi connectivity index (χ2n) is 2.90. The average molecular weight is 156 g/mol. The van der Waals surface area contributed by atoms with Crippen molar-refractivity contribution in [1.29, 1.82) is 0 Å². The standard InChI is InChI=1S/C8H16N2O/c1-3-4-5-10-7-6-9(2)8(10)11/h6-8,11H,3-5H2,1-2H3. The van der Waals surface area contributed by atoms with Crippen molar-refractivity contribution in [2.45, 2.75) is 26.1 Å². The molecule has 0 bridgehead atoms. The third-order valence-corrected chi connectivity index (χ3v) is 1.92. The number of rotatable bonds is 3. The molecule has 3 nitrogen and oxygen atoms in total. The lowest BCUT2D eigenvalue weighted by Crippen LogP contribution is -2.36. The van der Waals surface area contributed by atoms with E-state index in [1.165, 1.54) is 6.42 Å². The van der Waals surface area contributed by atoms with Crippen molar-refractivity contribution >= 4 is 0 Å². The molecule has 0 saturated carbocycles. The highest BCUT2D eigenvalue weighted by atomic mass is 16.3. The summed E-state index contributed by atoms with van der Waals surface area (Å²) in [4.78, 5) is 3.72. The Balaban J connectivity index is 2.31. The van der Waals surface area contributed by atoms with Gasteiger partial charge in [-0.05, 0) is 6.42 Å². The van der Waals surface area contributed by atoms with E-state index in [9.17, 15) is 5.11 Å². The van der Waals surface area contributed by atoms with E-state index in [2.05, 4.69) is 6.92 Å². The lowest BCUT2D eigenvalue weighted by molar-refractivity contribution is -0.0363. The molecule has 1 aliphatic heterocycles. The minimum atomic E-state index is -0.443. The molecule has 0 radical (unpaired) electrons. The van der Waals surface area contributed by atoms with Gasteiger partial charge in [0.1, 0.15) is 0 Å². The normalized spacial score (nSPS) is 23.4. The largest absolute Gasteiger partial charge is 0.356 e. The zero-order valence-electron chi connectivity index (χ0n) is 7.20. The van der Waals surface area contributed by atoms with Crippen molar-refractivity contribution in [2.24, 2.45) is 0 Å². The Morgan fingerprint density at radius 3 is 2.64 bits per heavy atom. The van der Waals surface area contributed by atoms with Crippen LogP contribution in [0.1, 0.15) is 19.8 Å². The molecule has 0 aromatic carbocycles. The minimum absolute atomic E-state index is 0.443. The Morgan fingerprint density at radius 1 is 1.45 bits per heavy atom. The lowest BCUT2D eigenvalue weighted by Gasteiger charge is -2.24. The molecule has 0 fully saturated rings. The highest BCUT2D eigenvalue weighted by Gasteiger charge is 2.18. The first-order chi connectivity index (χ1) is 5.25. The van der Waals surface area contributed by atoms with Gasteiger partial charge in [0, 0.05) is 26.0 Å². The van der Waals surface area contributed by atoms with E-state index in [-0.39, 0.29) is 0 Å². The molecule has 1 aliphatic rings. The van der Waals surface area contributed by atoms with Gasteiger partial charge in [-0.1, -0.05) is 13.3 Å². The summed E-state index contributed by atoms with van der Waals surface area (Å²) in [6, 6.07) is 0. The topological polar surface area (TPSA) is 26.7 Å². The number of unbranched alkanes of at least 4 members (excludes halogenated alkanes) is 1. The van der Waals surface area contributed by atoms with Crippen LogP contribution >= 0.6 is 0 Å². The predicted octanol–water partition coefficient (Wildman–Crippen LogP) is 0.781. The van der Waals surface area contributed by atoms with Crippen LogP contribution in [-0.4, -0.2) is 34.9 Å². The van der Waals surface area contributed by atoms with Crippen molar-refractivity contribution in [3.8, 4) is 0 Å². The van der Waals surface area contributed by atoms with Gasteiger partial charge in [-0.2, -0.15) is 0 Å². The molecule has 11 heavy (non-hydrogen) atoms. The van der Waals surface area contributed by atoms with Crippen LogP contribution in [0, 0.1) is 0 Å². The maximum Gasteiger partial charge on any atom is 0.206 e. The van der Waals surface area contributed by atoms with Gasteiger partial charge in [0.15, 0.2) is 0 Å². The van der Waals surface area contributed by atoms with Crippen molar-refractivity contribution in [1.82, 2.24) is 9.80 Å². The van der Waals surface area contributed by atoms with E-state index in [0.29, 0.717) is 0 Å². The molecule has 3 heteroatoms. The van der Waals surface area contributed by atoms with Gasteiger partial charge < -0.3 is 14.9 Å². The molecular weight excluding hydrogens is 140 g/mol. The third kappa shape index (κ3) is 1.87. The van der Waals surface area contributed by atoms with Gasteiger partial charge >= 0.3 is 0 Å². The second-order valence-corrected chi connectivity index (χ2v) is 2.90. The van der Waals surface area contributed by atoms with Crippen LogP contribution in [0.3, 0.4) is 0 Å². The van der Waals surface area contributed by atoms with Crippen molar-refractivity contribution in [2.75, 3.05) is 13.6 Å². The highest BCUT2D eigenvalue weighted by Crippen LogP contribution is 2.11. The van der Waals surface area contributed by atoms with E-state index in [1.54, 1.807) is 4.90 Å². The Hall–Kier alpha value is -0.700. The molecule has 0 spiro atoms. The summed E-state index contributed by atoms with van der Waals surface area (Å²) < 4.78 is 0. The molecule has 0 aromatic heterocycles. The third-order valence-electron chi connectivity index (χ3n) is 1.92. The van der Waals surface area contributed by atoms with E-state index in [4.69, 9.17) is 0 Å². The molecule has 1 rings (SSSR count). The van der Waals surface area contributed by atoms with E-state index >= 15 is 0 Å². The van der Waals surface area contributed by atoms with Gasteiger partial charge in [0.05, 0.1) is 0 Å². The number of hydrogen-bond donors (Lipinski definition) is 1. The van der Waals surface area contributed by atoms with Crippen LogP contribution < -0.4 is 0 Å². The molecule has 0 aliphatic carbocycles. The Bertz CT molecular complexity index is 147. The number of aliphatic hydroxyl groups excluding tert-OH is 1. The molecule has 1 atom stereocenters. The number of nitrogens with zero attached hydrogens (tertiary/aromatic N) is 2. The molecule has 0 aromatic rings. The maximum atomic E-state index is 9.47. The summed E-state index contributed by atoms with van der Waals surface area (Å²) in [7, 11) is 1.87. The lowest BCUT2D eigenvalue weighted by atomic mass is 10.3. The van der Waals surface area contributed by atoms with Crippen molar-refractivity contribution < 1.29 is 5.11 Å². The van der Waals surface area contributed by atoms with Crippen LogP contribution in [0.25, 0.3) is 0 Å².